The van der Waals surface area contributed by atoms with Gasteiger partial charge in [-0.2, -0.15) is 5.10 Å². The molecule has 0 spiro atoms. The number of nitrogens with zero attached hydrogens (tertiary/aromatic N) is 2. The van der Waals surface area contributed by atoms with Crippen LogP contribution in [0.3, 0.4) is 0 Å². The van der Waals surface area contributed by atoms with E-state index >= 15 is 0 Å². The summed E-state index contributed by atoms with van der Waals surface area (Å²) in [6.45, 7) is 1.11. The zero-order valence-corrected chi connectivity index (χ0v) is 11.7. The lowest BCUT2D eigenvalue weighted by Gasteiger charge is -2.07. The van der Waals surface area contributed by atoms with Crippen molar-refractivity contribution in [2.24, 2.45) is 5.73 Å². The fourth-order valence-corrected chi connectivity index (χ4v) is 2.46. The Morgan fingerprint density at radius 1 is 1.24 bits per heavy atom. The van der Waals surface area contributed by atoms with Gasteiger partial charge in [0.25, 0.3) is 0 Å². The van der Waals surface area contributed by atoms with Gasteiger partial charge >= 0.3 is 0 Å². The molecule has 1 heterocycles. The Labute approximate surface area is 121 Å². The first-order valence-electron chi connectivity index (χ1n) is 6.69. The van der Waals surface area contributed by atoms with E-state index in [9.17, 15) is 4.39 Å². The molecule has 0 atom stereocenters. The number of fused-ring (bicyclic) bond motifs is 1. The van der Waals surface area contributed by atoms with Crippen molar-refractivity contribution in [3.63, 3.8) is 0 Å². The van der Waals surface area contributed by atoms with Gasteiger partial charge < -0.3 is 10.5 Å². The first-order valence-corrected chi connectivity index (χ1v) is 6.69. The van der Waals surface area contributed by atoms with Crippen LogP contribution in [0.5, 0.6) is 5.75 Å². The highest BCUT2D eigenvalue weighted by atomic mass is 19.1. The minimum Gasteiger partial charge on any atom is -0.493 e. The highest BCUT2D eigenvalue weighted by Crippen LogP contribution is 2.28. The lowest BCUT2D eigenvalue weighted by Crippen LogP contribution is -2.03. The molecule has 0 aliphatic rings. The maximum atomic E-state index is 13.7. The fourth-order valence-electron chi connectivity index (χ4n) is 2.46. The van der Waals surface area contributed by atoms with Gasteiger partial charge in [-0.05, 0) is 23.3 Å². The Bertz CT molecular complexity index is 782. The average Bonchev–Trinajstić information content (AvgIpc) is 2.90. The predicted molar refractivity (Wildman–Crippen MR) is 79.7 cm³/mol. The summed E-state index contributed by atoms with van der Waals surface area (Å²) in [5.41, 5.74) is 8.68. The Balaban J connectivity index is 2.01. The van der Waals surface area contributed by atoms with Gasteiger partial charge in [-0.25, -0.2) is 4.39 Å². The van der Waals surface area contributed by atoms with Gasteiger partial charge in [0.1, 0.15) is 0 Å². The van der Waals surface area contributed by atoms with Crippen LogP contribution in [0.1, 0.15) is 11.1 Å². The molecule has 21 heavy (non-hydrogen) atoms. The summed E-state index contributed by atoms with van der Waals surface area (Å²) >= 11 is 0. The molecule has 0 unspecified atom stereocenters. The molecular formula is C16H16FN3O. The number of benzene rings is 2. The Morgan fingerprint density at radius 2 is 2.05 bits per heavy atom. The van der Waals surface area contributed by atoms with Gasteiger partial charge in [-0.1, -0.05) is 24.3 Å². The van der Waals surface area contributed by atoms with Crippen LogP contribution in [-0.4, -0.2) is 16.9 Å². The first kappa shape index (κ1) is 13.6. The second kappa shape index (κ2) is 5.54. The van der Waals surface area contributed by atoms with Crippen LogP contribution in [0.25, 0.3) is 10.9 Å². The van der Waals surface area contributed by atoms with Gasteiger partial charge in [-0.3, -0.25) is 4.68 Å². The topological polar surface area (TPSA) is 53.1 Å². The fraction of sp³-hybridized carbons (Fsp3) is 0.188. The number of hydrogen-bond donors (Lipinski definition) is 1. The van der Waals surface area contributed by atoms with E-state index in [1.807, 2.05) is 28.9 Å². The maximum absolute atomic E-state index is 13.7. The third-order valence-corrected chi connectivity index (χ3v) is 3.49. The minimum absolute atomic E-state index is 0.231. The number of aromatic nitrogens is 2. The normalized spacial score (nSPS) is 11.0. The standard InChI is InChI=1S/C16H16FN3O/c1-21-16-13-9-19-20(15(13)6-5-14(16)17)10-12-4-2-3-11(7-12)8-18/h2-7,9H,8,10,18H2,1H3. The Morgan fingerprint density at radius 3 is 2.81 bits per heavy atom. The molecule has 3 aromatic rings. The molecule has 0 saturated heterocycles. The molecule has 0 bridgehead atoms. The summed E-state index contributed by atoms with van der Waals surface area (Å²) in [5.74, 6) is -0.149. The molecule has 1 aromatic heterocycles. The molecule has 4 nitrogen and oxygen atoms in total. The van der Waals surface area contributed by atoms with Gasteiger partial charge in [-0.15, -0.1) is 0 Å². The van der Waals surface area contributed by atoms with E-state index in [2.05, 4.69) is 5.10 Å². The molecule has 0 radical (unpaired) electrons. The zero-order chi connectivity index (χ0) is 14.8. The number of methoxy groups -OCH3 is 1. The van der Waals surface area contributed by atoms with Gasteiger partial charge in [0.05, 0.1) is 30.8 Å². The van der Waals surface area contributed by atoms with Crippen LogP contribution in [0.4, 0.5) is 4.39 Å². The van der Waals surface area contributed by atoms with Crippen LogP contribution >= 0.6 is 0 Å². The summed E-state index contributed by atoms with van der Waals surface area (Å²) < 4.78 is 20.6. The molecule has 3 rings (SSSR count). The number of hydrogen-bond acceptors (Lipinski definition) is 3. The number of ether oxygens (including phenoxy) is 1. The van der Waals surface area contributed by atoms with E-state index in [0.29, 0.717) is 18.5 Å². The molecule has 2 aromatic carbocycles. The minimum atomic E-state index is -0.380. The van der Waals surface area contributed by atoms with Gasteiger partial charge in [0.15, 0.2) is 11.6 Å². The van der Waals surface area contributed by atoms with Crippen molar-refractivity contribution in [1.82, 2.24) is 9.78 Å². The summed E-state index contributed by atoms with van der Waals surface area (Å²) in [6, 6.07) is 11.1. The zero-order valence-electron chi connectivity index (χ0n) is 11.7. The van der Waals surface area contributed by atoms with Crippen molar-refractivity contribution < 1.29 is 9.13 Å². The van der Waals surface area contributed by atoms with Crippen LogP contribution in [0, 0.1) is 5.82 Å². The highest BCUT2D eigenvalue weighted by Gasteiger charge is 2.12. The van der Waals surface area contributed by atoms with Gasteiger partial charge in [0.2, 0.25) is 0 Å². The van der Waals surface area contributed by atoms with Gasteiger partial charge in [0, 0.05) is 6.54 Å². The van der Waals surface area contributed by atoms with Crippen molar-refractivity contribution >= 4 is 10.9 Å². The molecule has 0 amide bonds. The number of nitrogens with two attached hydrogens (primary N) is 1. The first-order chi connectivity index (χ1) is 10.2. The second-order valence-corrected chi connectivity index (χ2v) is 4.84. The molecule has 0 fully saturated rings. The van der Waals surface area contributed by atoms with Crippen molar-refractivity contribution in [1.29, 1.82) is 0 Å². The summed E-state index contributed by atoms with van der Waals surface area (Å²) in [5, 5.41) is 5.01. The lowest BCUT2D eigenvalue weighted by molar-refractivity contribution is 0.392. The van der Waals surface area contributed by atoms with E-state index in [0.717, 1.165) is 16.6 Å². The second-order valence-electron chi connectivity index (χ2n) is 4.84. The van der Waals surface area contributed by atoms with Crippen molar-refractivity contribution in [2.75, 3.05) is 7.11 Å². The third kappa shape index (κ3) is 2.48. The molecule has 0 aliphatic carbocycles. The summed E-state index contributed by atoms with van der Waals surface area (Å²) in [7, 11) is 1.46. The monoisotopic (exact) mass is 285 g/mol. The smallest absolute Gasteiger partial charge is 0.165 e. The Kier molecular flexibility index (Phi) is 3.58. The van der Waals surface area contributed by atoms with E-state index < -0.39 is 0 Å². The molecular weight excluding hydrogens is 269 g/mol. The van der Waals surface area contributed by atoms with E-state index in [-0.39, 0.29) is 11.6 Å². The van der Waals surface area contributed by atoms with E-state index in [4.69, 9.17) is 10.5 Å². The molecule has 0 saturated carbocycles. The number of rotatable bonds is 4. The van der Waals surface area contributed by atoms with Crippen LogP contribution < -0.4 is 10.5 Å². The molecule has 0 aliphatic heterocycles. The summed E-state index contributed by atoms with van der Waals surface area (Å²) in [6.07, 6.45) is 1.63. The quantitative estimate of drug-likeness (QED) is 0.802. The number of halogens is 1. The Hall–Kier alpha value is -2.40. The third-order valence-electron chi connectivity index (χ3n) is 3.49. The predicted octanol–water partition coefficient (Wildman–Crippen LogP) is 2.69. The van der Waals surface area contributed by atoms with Crippen molar-refractivity contribution in [3.8, 4) is 5.75 Å². The van der Waals surface area contributed by atoms with Crippen molar-refractivity contribution in [3.05, 3.63) is 59.5 Å². The van der Waals surface area contributed by atoms with E-state index in [1.54, 1.807) is 12.3 Å². The highest BCUT2D eigenvalue weighted by molar-refractivity contribution is 5.85. The SMILES string of the molecule is COc1c(F)ccc2c1cnn2Cc1cccc(CN)c1. The lowest BCUT2D eigenvalue weighted by atomic mass is 10.1. The molecule has 5 heteroatoms. The maximum Gasteiger partial charge on any atom is 0.165 e. The van der Waals surface area contributed by atoms with Crippen LogP contribution in [0.2, 0.25) is 0 Å². The van der Waals surface area contributed by atoms with Crippen LogP contribution in [-0.2, 0) is 13.1 Å². The molecule has 2 N–H and O–H groups in total. The van der Waals surface area contributed by atoms with Crippen molar-refractivity contribution in [2.45, 2.75) is 13.1 Å². The largest absolute Gasteiger partial charge is 0.493 e. The molecule has 108 valence electrons. The van der Waals surface area contributed by atoms with Crippen LogP contribution in [0.15, 0.2) is 42.6 Å². The summed E-state index contributed by atoms with van der Waals surface area (Å²) in [4.78, 5) is 0. The van der Waals surface area contributed by atoms with E-state index in [1.165, 1.54) is 13.2 Å². The average molecular weight is 285 g/mol.